The first-order valence-corrected chi connectivity index (χ1v) is 16.7. The number of hydrogen-bond donors (Lipinski definition) is 1. The zero-order chi connectivity index (χ0) is 29.7. The molecular weight excluding hydrogens is 502 g/mol. The third-order valence-corrected chi connectivity index (χ3v) is 7.81. The Bertz CT molecular complexity index is 607. The molecule has 0 aliphatic rings. The number of ether oxygens (including phenoxy) is 2. The van der Waals surface area contributed by atoms with Crippen molar-refractivity contribution in [1.82, 2.24) is 5.48 Å². The van der Waals surface area contributed by atoms with E-state index in [2.05, 4.69) is 25.4 Å². The van der Waals surface area contributed by atoms with Crippen molar-refractivity contribution >= 4 is 11.9 Å². The topological polar surface area (TPSA) is 73.9 Å². The molecule has 40 heavy (non-hydrogen) atoms. The lowest BCUT2D eigenvalue weighted by molar-refractivity contribution is -0.156. The van der Waals surface area contributed by atoms with Crippen LogP contribution in [0, 0.1) is 5.41 Å². The van der Waals surface area contributed by atoms with E-state index in [0.29, 0.717) is 32.4 Å². The van der Waals surface area contributed by atoms with Gasteiger partial charge in [-0.05, 0) is 78.1 Å². The zero-order valence-electron chi connectivity index (χ0n) is 27.0. The number of unbranched alkanes of at least 4 members (excludes halogenated alkanes) is 11. The van der Waals surface area contributed by atoms with Crippen molar-refractivity contribution in [2.24, 2.45) is 5.41 Å². The Hall–Kier alpha value is -1.40. The quantitative estimate of drug-likeness (QED) is 0.0420. The summed E-state index contributed by atoms with van der Waals surface area (Å²) in [5, 5.41) is 0. The highest BCUT2D eigenvalue weighted by Gasteiger charge is 2.33. The minimum absolute atomic E-state index is 0.0492. The molecule has 6 heteroatoms. The molecule has 236 valence electrons. The van der Waals surface area contributed by atoms with Gasteiger partial charge in [0.05, 0.1) is 19.1 Å². The number of allylic oxidation sites excluding steroid dienone is 2. The van der Waals surface area contributed by atoms with Gasteiger partial charge in [0.25, 0.3) is 0 Å². The number of hydroxylamine groups is 1. The van der Waals surface area contributed by atoms with Gasteiger partial charge in [-0.2, -0.15) is 0 Å². The normalized spacial score (nSPS) is 13.2. The number of carbonyl (C=O) groups is 2. The van der Waals surface area contributed by atoms with Crippen molar-refractivity contribution in [3.63, 3.8) is 0 Å². The average molecular weight is 568 g/mol. The summed E-state index contributed by atoms with van der Waals surface area (Å²) in [6, 6.07) is 0. The highest BCUT2D eigenvalue weighted by Crippen LogP contribution is 2.31. The van der Waals surface area contributed by atoms with Crippen molar-refractivity contribution < 1.29 is 23.9 Å². The predicted octanol–water partition coefficient (Wildman–Crippen LogP) is 9.41. The summed E-state index contributed by atoms with van der Waals surface area (Å²) in [6.45, 7) is 9.52. The summed E-state index contributed by atoms with van der Waals surface area (Å²) in [7, 11) is 1.60. The monoisotopic (exact) mass is 567 g/mol. The van der Waals surface area contributed by atoms with Gasteiger partial charge in [-0.3, -0.25) is 9.59 Å². The first kappa shape index (κ1) is 38.6. The molecule has 0 aromatic heterocycles. The number of rotatable bonds is 29. The third kappa shape index (κ3) is 22.3. The van der Waals surface area contributed by atoms with E-state index < -0.39 is 5.41 Å². The highest BCUT2D eigenvalue weighted by atomic mass is 16.6. The van der Waals surface area contributed by atoms with E-state index in [1.165, 1.54) is 64.2 Å². The molecule has 0 aromatic carbocycles. The fourth-order valence-electron chi connectivity index (χ4n) is 5.07. The minimum Gasteiger partial charge on any atom is -0.465 e. The van der Waals surface area contributed by atoms with Gasteiger partial charge in [0.15, 0.2) is 0 Å². The van der Waals surface area contributed by atoms with Crippen LogP contribution in [0.2, 0.25) is 0 Å². The first-order valence-electron chi connectivity index (χ1n) is 16.7. The molecule has 0 aromatic rings. The van der Waals surface area contributed by atoms with Gasteiger partial charge < -0.3 is 14.3 Å². The molecule has 0 aliphatic heterocycles. The maximum atomic E-state index is 12.9. The van der Waals surface area contributed by atoms with Gasteiger partial charge in [0.2, 0.25) is 0 Å². The largest absolute Gasteiger partial charge is 0.465 e. The lowest BCUT2D eigenvalue weighted by atomic mass is 9.81. The second-order valence-electron chi connectivity index (χ2n) is 11.7. The van der Waals surface area contributed by atoms with Crippen LogP contribution in [-0.4, -0.2) is 38.3 Å². The van der Waals surface area contributed by atoms with E-state index in [-0.39, 0.29) is 18.0 Å². The molecule has 0 heterocycles. The van der Waals surface area contributed by atoms with Crippen LogP contribution in [0.5, 0.6) is 0 Å². The van der Waals surface area contributed by atoms with Gasteiger partial charge in [0, 0.05) is 13.0 Å². The van der Waals surface area contributed by atoms with Crippen LogP contribution in [0.3, 0.4) is 0 Å². The molecule has 1 N–H and O–H groups in total. The van der Waals surface area contributed by atoms with Crippen LogP contribution in [0.25, 0.3) is 0 Å². The Morgan fingerprint density at radius 1 is 0.800 bits per heavy atom. The molecule has 0 radical (unpaired) electrons. The molecule has 0 aliphatic carbocycles. The molecular formula is C34H65NO5. The van der Waals surface area contributed by atoms with E-state index in [4.69, 9.17) is 14.3 Å². The van der Waals surface area contributed by atoms with Crippen LogP contribution in [0.1, 0.15) is 163 Å². The van der Waals surface area contributed by atoms with Gasteiger partial charge in [-0.1, -0.05) is 90.2 Å². The number of esters is 2. The van der Waals surface area contributed by atoms with Crippen LogP contribution < -0.4 is 5.48 Å². The molecule has 0 amide bonds. The maximum Gasteiger partial charge on any atom is 0.311 e. The lowest BCUT2D eigenvalue weighted by Gasteiger charge is -2.27. The van der Waals surface area contributed by atoms with Crippen molar-refractivity contribution in [3.05, 3.63) is 12.2 Å². The van der Waals surface area contributed by atoms with Gasteiger partial charge in [-0.15, -0.1) is 0 Å². The summed E-state index contributed by atoms with van der Waals surface area (Å²) in [5.41, 5.74) is 2.32. The van der Waals surface area contributed by atoms with Crippen molar-refractivity contribution in [3.8, 4) is 0 Å². The van der Waals surface area contributed by atoms with Crippen molar-refractivity contribution in [2.75, 3.05) is 20.3 Å². The van der Waals surface area contributed by atoms with Gasteiger partial charge >= 0.3 is 11.9 Å². The molecule has 0 saturated heterocycles. The Morgan fingerprint density at radius 2 is 1.40 bits per heavy atom. The summed E-state index contributed by atoms with van der Waals surface area (Å²) >= 11 is 0. The summed E-state index contributed by atoms with van der Waals surface area (Å²) in [6.07, 6.45) is 26.1. The van der Waals surface area contributed by atoms with Crippen molar-refractivity contribution in [1.29, 1.82) is 0 Å². The maximum absolute atomic E-state index is 12.9. The molecule has 6 nitrogen and oxygen atoms in total. The number of nitrogens with one attached hydrogen (secondary N) is 1. The molecule has 0 spiro atoms. The van der Waals surface area contributed by atoms with E-state index in [0.717, 1.165) is 51.4 Å². The Labute approximate surface area is 247 Å². The van der Waals surface area contributed by atoms with Gasteiger partial charge in [-0.25, -0.2) is 5.48 Å². The summed E-state index contributed by atoms with van der Waals surface area (Å²) in [5.74, 6) is -0.245. The Balaban J connectivity index is 4.47. The Morgan fingerprint density at radius 3 is 1.98 bits per heavy atom. The SMILES string of the molecule is C/C=C\CCC(C)(CCCNOC)C(=O)OCCCCC(=O)OC(CCCCCCCC)CCCCCCCC. The van der Waals surface area contributed by atoms with Crippen LogP contribution in [0.4, 0.5) is 0 Å². The molecule has 0 fully saturated rings. The highest BCUT2D eigenvalue weighted by molar-refractivity contribution is 5.76. The second-order valence-corrected chi connectivity index (χ2v) is 11.7. The fourth-order valence-corrected chi connectivity index (χ4v) is 5.07. The van der Waals surface area contributed by atoms with Crippen LogP contribution in [-0.2, 0) is 23.9 Å². The minimum atomic E-state index is -0.520. The van der Waals surface area contributed by atoms with Gasteiger partial charge in [0.1, 0.15) is 6.10 Å². The predicted molar refractivity (Wildman–Crippen MR) is 167 cm³/mol. The lowest BCUT2D eigenvalue weighted by Crippen LogP contribution is -2.31. The molecule has 1 unspecified atom stereocenters. The first-order chi connectivity index (χ1) is 19.4. The molecule has 0 bridgehead atoms. The molecule has 0 saturated carbocycles. The second kappa shape index (κ2) is 27.8. The van der Waals surface area contributed by atoms with E-state index >= 15 is 0 Å². The standard InChI is InChI=1S/C34H65NO5/c1-6-9-12-14-16-18-24-31(25-19-17-15-13-10-7-2)40-32(36)26-20-22-30-39-33(37)34(4,27-21-11-8-3)28-23-29-35-38-5/h8,11,31,35H,6-7,9-10,12-30H2,1-5H3/b11-8-. The third-order valence-electron chi connectivity index (χ3n) is 7.81. The fraction of sp³-hybridized carbons (Fsp3) is 0.882. The van der Waals surface area contributed by atoms with E-state index in [1.54, 1.807) is 7.11 Å². The van der Waals surface area contributed by atoms with E-state index in [9.17, 15) is 9.59 Å². The molecule has 0 rings (SSSR count). The smallest absolute Gasteiger partial charge is 0.311 e. The molecule has 1 atom stereocenters. The Kier molecular flexibility index (Phi) is 26.8. The van der Waals surface area contributed by atoms with Crippen LogP contribution in [0.15, 0.2) is 12.2 Å². The van der Waals surface area contributed by atoms with Crippen LogP contribution >= 0.6 is 0 Å². The van der Waals surface area contributed by atoms with E-state index in [1.807, 2.05) is 19.9 Å². The number of carbonyl (C=O) groups excluding carboxylic acids is 2. The number of hydrogen-bond acceptors (Lipinski definition) is 6. The van der Waals surface area contributed by atoms with Crippen molar-refractivity contribution in [2.45, 2.75) is 169 Å². The summed E-state index contributed by atoms with van der Waals surface area (Å²) < 4.78 is 11.6. The summed E-state index contributed by atoms with van der Waals surface area (Å²) in [4.78, 5) is 30.5. The zero-order valence-corrected chi connectivity index (χ0v) is 27.0. The average Bonchev–Trinajstić information content (AvgIpc) is 2.94.